The van der Waals surface area contributed by atoms with E-state index in [1.54, 1.807) is 0 Å². The first-order chi connectivity index (χ1) is 7.60. The molecular formula is C15H29N. The summed E-state index contributed by atoms with van der Waals surface area (Å²) in [6, 6.07) is 0.661. The van der Waals surface area contributed by atoms with Crippen molar-refractivity contribution in [3.8, 4) is 12.3 Å². The summed E-state index contributed by atoms with van der Waals surface area (Å²) in [6.45, 7) is 6.75. The van der Waals surface area contributed by atoms with E-state index in [1.165, 1.54) is 38.5 Å². The maximum absolute atomic E-state index is 5.36. The zero-order valence-electron chi connectivity index (χ0n) is 11.6. The van der Waals surface area contributed by atoms with Crippen molar-refractivity contribution >= 4 is 0 Å². The van der Waals surface area contributed by atoms with E-state index in [-0.39, 0.29) is 0 Å². The molecule has 0 fully saturated rings. The van der Waals surface area contributed by atoms with E-state index in [0.29, 0.717) is 12.0 Å². The van der Waals surface area contributed by atoms with E-state index in [9.17, 15) is 0 Å². The van der Waals surface area contributed by atoms with Gasteiger partial charge in [-0.3, -0.25) is 0 Å². The lowest BCUT2D eigenvalue weighted by Gasteiger charge is -2.14. The summed E-state index contributed by atoms with van der Waals surface area (Å²) in [4.78, 5) is 0. The van der Waals surface area contributed by atoms with Gasteiger partial charge < -0.3 is 5.32 Å². The van der Waals surface area contributed by atoms with Crippen LogP contribution in [0.15, 0.2) is 0 Å². The lowest BCUT2D eigenvalue weighted by molar-refractivity contribution is 0.416. The van der Waals surface area contributed by atoms with Crippen molar-refractivity contribution in [3.63, 3.8) is 0 Å². The van der Waals surface area contributed by atoms with Gasteiger partial charge in [0.05, 0.1) is 0 Å². The summed E-state index contributed by atoms with van der Waals surface area (Å²) < 4.78 is 0. The molecule has 0 spiro atoms. The van der Waals surface area contributed by atoms with Crippen LogP contribution in [0.2, 0.25) is 0 Å². The summed E-state index contributed by atoms with van der Waals surface area (Å²) in [6.07, 6.45) is 13.2. The zero-order valence-corrected chi connectivity index (χ0v) is 11.6. The molecule has 0 aliphatic heterocycles. The monoisotopic (exact) mass is 223 g/mol. The molecule has 0 saturated heterocycles. The average Bonchev–Trinajstić information content (AvgIpc) is 2.28. The number of rotatable bonds is 9. The van der Waals surface area contributed by atoms with Crippen LogP contribution in [0.5, 0.6) is 0 Å². The molecule has 1 heteroatoms. The molecule has 1 nitrogen and oxygen atoms in total. The fourth-order valence-electron chi connectivity index (χ4n) is 1.92. The highest BCUT2D eigenvalue weighted by molar-refractivity contribution is 4.89. The number of hydrogen-bond donors (Lipinski definition) is 1. The summed E-state index contributed by atoms with van der Waals surface area (Å²) in [7, 11) is 2.04. The summed E-state index contributed by atoms with van der Waals surface area (Å²) in [5.74, 6) is 4.11. The lowest BCUT2D eigenvalue weighted by Crippen LogP contribution is -2.20. The Hall–Kier alpha value is -0.480. The summed E-state index contributed by atoms with van der Waals surface area (Å²) >= 11 is 0. The Labute approximate surface area is 102 Å². The Bertz CT molecular complexity index is 192. The zero-order chi connectivity index (χ0) is 12.4. The Kier molecular flexibility index (Phi) is 9.43. The second kappa shape index (κ2) is 9.73. The average molecular weight is 223 g/mol. The molecule has 0 bridgehead atoms. The molecule has 0 amide bonds. The first-order valence-electron chi connectivity index (χ1n) is 6.73. The Morgan fingerprint density at radius 2 is 1.56 bits per heavy atom. The van der Waals surface area contributed by atoms with E-state index < -0.39 is 0 Å². The molecule has 0 rings (SSSR count). The third-order valence-electron chi connectivity index (χ3n) is 3.45. The van der Waals surface area contributed by atoms with E-state index >= 15 is 0 Å². The summed E-state index contributed by atoms with van der Waals surface area (Å²) in [5, 5.41) is 3.28. The summed E-state index contributed by atoms with van der Waals surface area (Å²) in [5.41, 5.74) is 0. The predicted molar refractivity (Wildman–Crippen MR) is 73.4 cm³/mol. The van der Waals surface area contributed by atoms with E-state index in [1.807, 2.05) is 7.05 Å². The van der Waals surface area contributed by atoms with Gasteiger partial charge in [-0.2, -0.15) is 0 Å². The fourth-order valence-corrected chi connectivity index (χ4v) is 1.92. The molecule has 0 aliphatic carbocycles. The number of nitrogens with one attached hydrogen (secondary N) is 1. The molecule has 0 saturated carbocycles. The smallest absolute Gasteiger partial charge is 0.0171 e. The van der Waals surface area contributed by atoms with Crippen LogP contribution in [0, 0.1) is 24.2 Å². The normalized spacial score (nSPS) is 16.4. The van der Waals surface area contributed by atoms with Gasteiger partial charge in [0.2, 0.25) is 0 Å². The first-order valence-corrected chi connectivity index (χ1v) is 6.73. The molecule has 0 radical (unpaired) electrons. The van der Waals surface area contributed by atoms with Crippen LogP contribution >= 0.6 is 0 Å². The Morgan fingerprint density at radius 3 is 2.06 bits per heavy atom. The van der Waals surface area contributed by atoms with E-state index in [0.717, 1.165) is 5.92 Å². The molecule has 3 atom stereocenters. The van der Waals surface area contributed by atoms with Crippen molar-refractivity contribution in [2.45, 2.75) is 65.3 Å². The lowest BCUT2D eigenvalue weighted by atomic mass is 9.94. The molecule has 0 aromatic heterocycles. The largest absolute Gasteiger partial charge is 0.317 e. The van der Waals surface area contributed by atoms with Gasteiger partial charge >= 0.3 is 0 Å². The molecule has 0 aromatic rings. The molecule has 16 heavy (non-hydrogen) atoms. The molecule has 94 valence electrons. The third kappa shape index (κ3) is 8.80. The molecule has 0 aromatic carbocycles. The SMILES string of the molecule is C#CC(C)CCCC(C)CCCC(C)NC. The van der Waals surface area contributed by atoms with Crippen LogP contribution in [-0.2, 0) is 0 Å². The van der Waals surface area contributed by atoms with Crippen LogP contribution in [0.25, 0.3) is 0 Å². The quantitative estimate of drug-likeness (QED) is 0.586. The van der Waals surface area contributed by atoms with Crippen molar-refractivity contribution in [3.05, 3.63) is 0 Å². The minimum Gasteiger partial charge on any atom is -0.317 e. The molecular weight excluding hydrogens is 194 g/mol. The Balaban J connectivity index is 3.38. The topological polar surface area (TPSA) is 12.0 Å². The second-order valence-electron chi connectivity index (χ2n) is 5.22. The van der Waals surface area contributed by atoms with Crippen molar-refractivity contribution in [2.24, 2.45) is 11.8 Å². The third-order valence-corrected chi connectivity index (χ3v) is 3.45. The Morgan fingerprint density at radius 1 is 1.00 bits per heavy atom. The van der Waals surface area contributed by atoms with Gasteiger partial charge in [0.15, 0.2) is 0 Å². The predicted octanol–water partition coefficient (Wildman–Crippen LogP) is 3.84. The molecule has 1 N–H and O–H groups in total. The maximum Gasteiger partial charge on any atom is 0.0171 e. The van der Waals surface area contributed by atoms with Gasteiger partial charge in [0, 0.05) is 12.0 Å². The highest BCUT2D eigenvalue weighted by Gasteiger charge is 2.05. The highest BCUT2D eigenvalue weighted by atomic mass is 14.8. The second-order valence-corrected chi connectivity index (χ2v) is 5.22. The minimum absolute atomic E-state index is 0.455. The van der Waals surface area contributed by atoms with E-state index in [2.05, 4.69) is 32.0 Å². The number of terminal acetylenes is 1. The minimum atomic E-state index is 0.455. The maximum atomic E-state index is 5.36. The van der Waals surface area contributed by atoms with Crippen LogP contribution in [0.3, 0.4) is 0 Å². The fraction of sp³-hybridized carbons (Fsp3) is 0.867. The van der Waals surface area contributed by atoms with Gasteiger partial charge in [0.25, 0.3) is 0 Å². The van der Waals surface area contributed by atoms with Crippen LogP contribution in [0.1, 0.15) is 59.3 Å². The molecule has 0 aliphatic rings. The van der Waals surface area contributed by atoms with Gasteiger partial charge in [-0.1, -0.05) is 39.5 Å². The van der Waals surface area contributed by atoms with Gasteiger partial charge in [-0.25, -0.2) is 0 Å². The molecule has 0 heterocycles. The highest BCUT2D eigenvalue weighted by Crippen LogP contribution is 2.17. The van der Waals surface area contributed by atoms with Gasteiger partial charge in [0.1, 0.15) is 0 Å². The van der Waals surface area contributed by atoms with Gasteiger partial charge in [-0.05, 0) is 32.7 Å². The van der Waals surface area contributed by atoms with Crippen LogP contribution < -0.4 is 5.32 Å². The van der Waals surface area contributed by atoms with Gasteiger partial charge in [-0.15, -0.1) is 12.3 Å². The number of hydrogen-bond acceptors (Lipinski definition) is 1. The van der Waals surface area contributed by atoms with Crippen LogP contribution in [-0.4, -0.2) is 13.1 Å². The van der Waals surface area contributed by atoms with Crippen LogP contribution in [0.4, 0.5) is 0 Å². The van der Waals surface area contributed by atoms with Crippen molar-refractivity contribution in [1.29, 1.82) is 0 Å². The van der Waals surface area contributed by atoms with Crippen molar-refractivity contribution < 1.29 is 0 Å². The van der Waals surface area contributed by atoms with Crippen molar-refractivity contribution in [1.82, 2.24) is 5.32 Å². The van der Waals surface area contributed by atoms with Crippen molar-refractivity contribution in [2.75, 3.05) is 7.05 Å². The standard InChI is InChI=1S/C15H29N/c1-6-13(2)9-7-10-14(3)11-8-12-15(4)16-5/h1,13-16H,7-12H2,2-5H3. The molecule has 3 unspecified atom stereocenters. The van der Waals surface area contributed by atoms with E-state index in [4.69, 9.17) is 6.42 Å². The first kappa shape index (κ1) is 15.5.